The second-order valence-corrected chi connectivity index (χ2v) is 3.17. The summed E-state index contributed by atoms with van der Waals surface area (Å²) in [5.41, 5.74) is 0.0497. The molecular weight excluding hydrogens is 246 g/mol. The Morgan fingerprint density at radius 2 is 1.72 bits per heavy atom. The maximum Gasteiger partial charge on any atom is 0.337 e. The fourth-order valence-electron chi connectivity index (χ4n) is 1.28. The summed E-state index contributed by atoms with van der Waals surface area (Å²) in [5, 5.41) is 11.3. The summed E-state index contributed by atoms with van der Waals surface area (Å²) >= 11 is 0. The van der Waals surface area contributed by atoms with E-state index in [-0.39, 0.29) is 11.3 Å². The number of anilines is 2. The van der Waals surface area contributed by atoms with Crippen molar-refractivity contribution in [2.24, 2.45) is 0 Å². The van der Waals surface area contributed by atoms with E-state index in [9.17, 15) is 13.6 Å². The maximum absolute atomic E-state index is 12.7. The van der Waals surface area contributed by atoms with E-state index in [1.54, 1.807) is 6.07 Å². The van der Waals surface area contributed by atoms with Gasteiger partial charge in [-0.25, -0.2) is 4.79 Å². The molecule has 0 aliphatic carbocycles. The average Bonchev–Trinajstić information content (AvgIpc) is 2.27. The van der Waals surface area contributed by atoms with Crippen LogP contribution >= 0.6 is 0 Å². The minimum atomic E-state index is -1.29. The van der Waals surface area contributed by atoms with Crippen molar-refractivity contribution in [3.05, 3.63) is 42.0 Å². The predicted molar refractivity (Wildman–Crippen MR) is 56.4 cm³/mol. The second-order valence-electron chi connectivity index (χ2n) is 3.17. The molecule has 8 heteroatoms. The quantitative estimate of drug-likeness (QED) is 0.862. The number of carbonyl (C=O) groups is 1. The van der Waals surface area contributed by atoms with Crippen molar-refractivity contribution in [2.45, 2.75) is 0 Å². The summed E-state index contributed by atoms with van der Waals surface area (Å²) in [7, 11) is 0. The SMILES string of the molecule is O=C(O)c1ccccc1Nc1nc(F)nc(F)n1. The maximum atomic E-state index is 12.7. The molecule has 0 saturated carbocycles. The number of aromatic nitrogens is 3. The van der Waals surface area contributed by atoms with Crippen LogP contribution in [0.3, 0.4) is 0 Å². The number of para-hydroxylation sites is 1. The lowest BCUT2D eigenvalue weighted by Crippen LogP contribution is -2.07. The average molecular weight is 252 g/mol. The smallest absolute Gasteiger partial charge is 0.337 e. The number of nitrogens with zero attached hydrogens (tertiary/aromatic N) is 3. The molecule has 0 spiro atoms. The summed E-state index contributed by atoms with van der Waals surface area (Å²) in [5.74, 6) is -1.60. The topological polar surface area (TPSA) is 88.0 Å². The van der Waals surface area contributed by atoms with Crippen LogP contribution in [-0.4, -0.2) is 26.0 Å². The molecule has 1 aromatic carbocycles. The van der Waals surface area contributed by atoms with Gasteiger partial charge in [0, 0.05) is 0 Å². The number of hydrogen-bond acceptors (Lipinski definition) is 5. The van der Waals surface area contributed by atoms with Gasteiger partial charge < -0.3 is 10.4 Å². The van der Waals surface area contributed by atoms with E-state index in [0.717, 1.165) is 0 Å². The highest BCUT2D eigenvalue weighted by atomic mass is 19.1. The largest absolute Gasteiger partial charge is 0.478 e. The van der Waals surface area contributed by atoms with Crippen molar-refractivity contribution in [1.82, 2.24) is 15.0 Å². The molecule has 0 aliphatic rings. The van der Waals surface area contributed by atoms with Crippen molar-refractivity contribution < 1.29 is 18.7 Å². The standard InChI is InChI=1S/C10H6F2N4O2/c11-8-14-9(12)16-10(15-8)13-6-4-2-1-3-5(6)7(17)18/h1-4H,(H,17,18)(H,13,14,15,16). The number of nitrogens with one attached hydrogen (secondary N) is 1. The minimum Gasteiger partial charge on any atom is -0.478 e. The van der Waals surface area contributed by atoms with E-state index in [4.69, 9.17) is 5.11 Å². The van der Waals surface area contributed by atoms with Crippen molar-refractivity contribution in [2.75, 3.05) is 5.32 Å². The molecule has 2 aromatic rings. The molecule has 0 aliphatic heterocycles. The van der Waals surface area contributed by atoms with E-state index < -0.39 is 24.1 Å². The van der Waals surface area contributed by atoms with Crippen molar-refractivity contribution >= 4 is 17.6 Å². The lowest BCUT2D eigenvalue weighted by molar-refractivity contribution is 0.0698. The van der Waals surface area contributed by atoms with Gasteiger partial charge in [-0.2, -0.15) is 23.7 Å². The highest BCUT2D eigenvalue weighted by molar-refractivity contribution is 5.94. The van der Waals surface area contributed by atoms with Crippen LogP contribution in [0.2, 0.25) is 0 Å². The van der Waals surface area contributed by atoms with Gasteiger partial charge >= 0.3 is 18.1 Å². The summed E-state index contributed by atoms with van der Waals surface area (Å²) < 4.78 is 25.5. The third-order valence-corrected chi connectivity index (χ3v) is 1.98. The monoisotopic (exact) mass is 252 g/mol. The summed E-state index contributed by atoms with van der Waals surface area (Å²) in [6, 6.07) is 5.83. The summed E-state index contributed by atoms with van der Waals surface area (Å²) in [6.45, 7) is 0. The number of aromatic carboxylic acids is 1. The fourth-order valence-corrected chi connectivity index (χ4v) is 1.28. The Balaban J connectivity index is 2.37. The molecule has 92 valence electrons. The first kappa shape index (κ1) is 11.8. The Bertz CT molecular complexity index is 586. The number of hydrogen-bond donors (Lipinski definition) is 2. The van der Waals surface area contributed by atoms with Gasteiger partial charge in [0.05, 0.1) is 11.3 Å². The molecule has 0 amide bonds. The van der Waals surface area contributed by atoms with Crippen LogP contribution in [0.1, 0.15) is 10.4 Å². The number of rotatable bonds is 3. The molecular formula is C10H6F2N4O2. The number of benzene rings is 1. The molecule has 1 heterocycles. The van der Waals surface area contributed by atoms with Crippen molar-refractivity contribution in [1.29, 1.82) is 0 Å². The Kier molecular flexibility index (Phi) is 3.09. The number of halogens is 2. The van der Waals surface area contributed by atoms with Gasteiger partial charge in [-0.15, -0.1) is 0 Å². The normalized spacial score (nSPS) is 10.1. The van der Waals surface area contributed by atoms with E-state index in [0.29, 0.717) is 0 Å². The van der Waals surface area contributed by atoms with Gasteiger partial charge in [-0.1, -0.05) is 12.1 Å². The first-order chi connectivity index (χ1) is 8.56. The van der Waals surface area contributed by atoms with Gasteiger partial charge in [0.1, 0.15) is 0 Å². The highest BCUT2D eigenvalue weighted by Gasteiger charge is 2.11. The van der Waals surface area contributed by atoms with Crippen LogP contribution in [-0.2, 0) is 0 Å². The van der Waals surface area contributed by atoms with Crippen LogP contribution < -0.4 is 5.32 Å². The van der Waals surface area contributed by atoms with E-state index >= 15 is 0 Å². The van der Waals surface area contributed by atoms with E-state index in [1.165, 1.54) is 18.2 Å². The zero-order chi connectivity index (χ0) is 13.1. The summed E-state index contributed by atoms with van der Waals surface area (Å²) in [4.78, 5) is 20.0. The van der Waals surface area contributed by atoms with E-state index in [2.05, 4.69) is 20.3 Å². The minimum absolute atomic E-state index is 0.0706. The first-order valence-electron chi connectivity index (χ1n) is 4.72. The van der Waals surface area contributed by atoms with Gasteiger partial charge in [0.15, 0.2) is 0 Å². The molecule has 1 aromatic heterocycles. The molecule has 0 saturated heterocycles. The Morgan fingerprint density at radius 1 is 1.11 bits per heavy atom. The van der Waals surface area contributed by atoms with Crippen LogP contribution in [0, 0.1) is 12.2 Å². The number of carboxylic acids is 1. The third-order valence-electron chi connectivity index (χ3n) is 1.98. The zero-order valence-electron chi connectivity index (χ0n) is 8.76. The van der Waals surface area contributed by atoms with Gasteiger partial charge in [0.2, 0.25) is 5.95 Å². The lowest BCUT2D eigenvalue weighted by Gasteiger charge is -2.07. The molecule has 2 rings (SSSR count). The molecule has 18 heavy (non-hydrogen) atoms. The van der Waals surface area contributed by atoms with Crippen molar-refractivity contribution in [3.8, 4) is 0 Å². The summed E-state index contributed by atoms with van der Waals surface area (Å²) in [6.07, 6.45) is -2.59. The molecule has 0 unspecified atom stereocenters. The van der Waals surface area contributed by atoms with Crippen LogP contribution in [0.4, 0.5) is 20.4 Å². The molecule has 0 bridgehead atoms. The second kappa shape index (κ2) is 4.70. The Hall–Kier alpha value is -2.64. The van der Waals surface area contributed by atoms with Gasteiger partial charge in [0.25, 0.3) is 0 Å². The van der Waals surface area contributed by atoms with E-state index in [1.807, 2.05) is 0 Å². The molecule has 6 nitrogen and oxygen atoms in total. The Labute approximate surface area is 99.3 Å². The first-order valence-corrected chi connectivity index (χ1v) is 4.72. The highest BCUT2D eigenvalue weighted by Crippen LogP contribution is 2.18. The third kappa shape index (κ3) is 2.54. The van der Waals surface area contributed by atoms with Gasteiger partial charge in [-0.05, 0) is 12.1 Å². The van der Waals surface area contributed by atoms with Crippen LogP contribution in [0.5, 0.6) is 0 Å². The molecule has 0 fully saturated rings. The molecule has 0 atom stereocenters. The fraction of sp³-hybridized carbons (Fsp3) is 0. The van der Waals surface area contributed by atoms with Crippen molar-refractivity contribution in [3.63, 3.8) is 0 Å². The van der Waals surface area contributed by atoms with Gasteiger partial charge in [-0.3, -0.25) is 0 Å². The molecule has 2 N–H and O–H groups in total. The van der Waals surface area contributed by atoms with Crippen LogP contribution in [0.25, 0.3) is 0 Å². The Morgan fingerprint density at radius 3 is 2.33 bits per heavy atom. The molecule has 0 radical (unpaired) electrons. The predicted octanol–water partition coefficient (Wildman–Crippen LogP) is 1.59. The lowest BCUT2D eigenvalue weighted by atomic mass is 10.2. The zero-order valence-corrected chi connectivity index (χ0v) is 8.76. The number of carboxylic acid groups (broad SMARTS) is 1. The van der Waals surface area contributed by atoms with Crippen LogP contribution in [0.15, 0.2) is 24.3 Å².